The molecule has 1 atom stereocenters. The highest BCUT2D eigenvalue weighted by Crippen LogP contribution is 2.36. The maximum atomic E-state index is 13.8. The minimum atomic E-state index is -0.777. The predicted molar refractivity (Wildman–Crippen MR) is 149 cm³/mol. The lowest BCUT2D eigenvalue weighted by Gasteiger charge is -2.25. The molecule has 4 aromatic rings. The van der Waals surface area contributed by atoms with Crippen molar-refractivity contribution in [2.75, 3.05) is 20.8 Å². The Hall–Kier alpha value is -4.08. The highest BCUT2D eigenvalue weighted by atomic mass is 35.5. The quantitative estimate of drug-likeness (QED) is 0.301. The van der Waals surface area contributed by atoms with Gasteiger partial charge in [-0.05, 0) is 55.8 Å². The van der Waals surface area contributed by atoms with Gasteiger partial charge in [-0.25, -0.2) is 9.79 Å². The number of carbonyl (C=O) groups is 1. The molecule has 0 radical (unpaired) electrons. The zero-order valence-corrected chi connectivity index (χ0v) is 23.3. The van der Waals surface area contributed by atoms with E-state index < -0.39 is 12.0 Å². The summed E-state index contributed by atoms with van der Waals surface area (Å²) in [6.45, 7) is 3.66. The van der Waals surface area contributed by atoms with Crippen LogP contribution in [0.15, 0.2) is 80.1 Å². The third kappa shape index (κ3) is 5.03. The molecule has 0 bridgehead atoms. The van der Waals surface area contributed by atoms with Crippen LogP contribution in [0.4, 0.5) is 0 Å². The summed E-state index contributed by atoms with van der Waals surface area (Å²) in [6.07, 6.45) is 1.67. The Morgan fingerprint density at radius 2 is 1.92 bits per heavy atom. The second kappa shape index (κ2) is 11.0. The smallest absolute Gasteiger partial charge is 0.338 e. The van der Waals surface area contributed by atoms with Crippen LogP contribution in [0.5, 0.6) is 11.5 Å². The van der Waals surface area contributed by atoms with Gasteiger partial charge in [-0.15, -0.1) is 0 Å². The molecule has 2 aromatic carbocycles. The van der Waals surface area contributed by atoms with Crippen molar-refractivity contribution >= 4 is 35.0 Å². The monoisotopic (exact) mass is 564 g/mol. The number of carbonyl (C=O) groups excluding carboxylic acids is 1. The van der Waals surface area contributed by atoms with E-state index in [2.05, 4.69) is 4.99 Å². The number of esters is 1. The van der Waals surface area contributed by atoms with Crippen molar-refractivity contribution in [2.24, 2.45) is 4.99 Å². The van der Waals surface area contributed by atoms with Gasteiger partial charge in [0.05, 0.1) is 42.7 Å². The molecule has 10 heteroatoms. The van der Waals surface area contributed by atoms with Crippen LogP contribution >= 0.6 is 22.9 Å². The normalized spacial score (nSPS) is 15.1. The number of nitrogens with zero attached hydrogens (tertiary/aromatic N) is 2. The van der Waals surface area contributed by atoms with Crippen molar-refractivity contribution in [3.05, 3.63) is 102 Å². The van der Waals surface area contributed by atoms with Crippen molar-refractivity contribution in [2.45, 2.75) is 19.9 Å². The lowest BCUT2D eigenvalue weighted by Crippen LogP contribution is -2.39. The third-order valence-electron chi connectivity index (χ3n) is 6.25. The number of halogens is 1. The fraction of sp³-hybridized carbons (Fsp3) is 0.207. The van der Waals surface area contributed by atoms with E-state index >= 15 is 0 Å². The molecule has 39 heavy (non-hydrogen) atoms. The topological polar surface area (TPSA) is 92.3 Å². The number of aromatic nitrogens is 1. The number of hydrogen-bond donors (Lipinski definition) is 0. The Bertz CT molecular complexity index is 1780. The van der Waals surface area contributed by atoms with E-state index in [0.717, 1.165) is 5.56 Å². The van der Waals surface area contributed by atoms with Crippen LogP contribution in [-0.2, 0) is 9.53 Å². The van der Waals surface area contributed by atoms with E-state index in [0.29, 0.717) is 48.6 Å². The first-order valence-electron chi connectivity index (χ1n) is 12.1. The Morgan fingerprint density at radius 1 is 1.13 bits per heavy atom. The van der Waals surface area contributed by atoms with E-state index in [1.165, 1.54) is 23.0 Å². The fourth-order valence-electron chi connectivity index (χ4n) is 4.49. The van der Waals surface area contributed by atoms with Gasteiger partial charge < -0.3 is 18.6 Å². The molecule has 0 saturated carbocycles. The van der Waals surface area contributed by atoms with E-state index in [1.807, 2.05) is 18.2 Å². The third-order valence-corrected chi connectivity index (χ3v) is 7.47. The summed E-state index contributed by atoms with van der Waals surface area (Å²) < 4.78 is 24.1. The van der Waals surface area contributed by atoms with Gasteiger partial charge in [0.15, 0.2) is 16.3 Å². The SMILES string of the molecule is CCOC(=O)C1=C(C)N=c2s/c(=C\c3ccc(-c4cccc(Cl)c4)o3)c(=O)n2[C@@H]1c1ccc(OC)c(OC)c1. The standard InChI is InChI=1S/C29H25ClN2O6S/c1-5-37-28(34)25-16(2)31-29-32(26(25)18-9-11-22(35-3)23(14-18)36-4)27(33)24(39-29)15-20-10-12-21(38-20)17-7-6-8-19(30)13-17/h6-15,26H,5H2,1-4H3/b24-15-/t26-/m1/s1. The first-order valence-corrected chi connectivity index (χ1v) is 13.3. The predicted octanol–water partition coefficient (Wildman–Crippen LogP) is 4.73. The van der Waals surface area contributed by atoms with Crippen molar-refractivity contribution in [3.63, 3.8) is 0 Å². The second-order valence-electron chi connectivity index (χ2n) is 8.63. The van der Waals surface area contributed by atoms with Crippen LogP contribution < -0.4 is 24.4 Å². The molecule has 8 nitrogen and oxygen atoms in total. The molecule has 0 aliphatic carbocycles. The molecular weight excluding hydrogens is 540 g/mol. The van der Waals surface area contributed by atoms with Crippen molar-refractivity contribution in [3.8, 4) is 22.8 Å². The molecule has 0 fully saturated rings. The zero-order chi connectivity index (χ0) is 27.7. The number of ether oxygens (including phenoxy) is 3. The lowest BCUT2D eigenvalue weighted by molar-refractivity contribution is -0.139. The van der Waals surface area contributed by atoms with Crippen molar-refractivity contribution in [1.29, 1.82) is 0 Å². The summed E-state index contributed by atoms with van der Waals surface area (Å²) in [5.41, 5.74) is 1.92. The van der Waals surface area contributed by atoms with E-state index in [4.69, 9.17) is 30.2 Å². The van der Waals surface area contributed by atoms with Crippen LogP contribution in [0.1, 0.15) is 31.2 Å². The second-order valence-corrected chi connectivity index (χ2v) is 10.1. The summed E-state index contributed by atoms with van der Waals surface area (Å²) in [6, 6.07) is 15.5. The molecule has 0 unspecified atom stereocenters. The summed E-state index contributed by atoms with van der Waals surface area (Å²) >= 11 is 7.34. The van der Waals surface area contributed by atoms with Gasteiger partial charge in [-0.1, -0.05) is 41.1 Å². The maximum absolute atomic E-state index is 13.8. The number of thiazole rings is 1. The minimum absolute atomic E-state index is 0.187. The molecule has 1 aliphatic rings. The summed E-state index contributed by atoms with van der Waals surface area (Å²) in [4.78, 5) is 32.0. The molecular formula is C29H25ClN2O6S. The zero-order valence-electron chi connectivity index (χ0n) is 21.7. The first kappa shape index (κ1) is 26.5. The van der Waals surface area contributed by atoms with Gasteiger partial charge in [-0.3, -0.25) is 9.36 Å². The molecule has 1 aliphatic heterocycles. The Balaban J connectivity index is 1.66. The average Bonchev–Trinajstić information content (AvgIpc) is 3.52. The van der Waals surface area contributed by atoms with Gasteiger partial charge in [0.25, 0.3) is 5.56 Å². The van der Waals surface area contributed by atoms with Crippen LogP contribution in [0.2, 0.25) is 5.02 Å². The highest BCUT2D eigenvalue weighted by molar-refractivity contribution is 7.07. The minimum Gasteiger partial charge on any atom is -0.493 e. The van der Waals surface area contributed by atoms with E-state index in [9.17, 15) is 9.59 Å². The van der Waals surface area contributed by atoms with Crippen LogP contribution in [0.25, 0.3) is 17.4 Å². The van der Waals surface area contributed by atoms with Crippen LogP contribution in [0.3, 0.4) is 0 Å². The Morgan fingerprint density at radius 3 is 2.64 bits per heavy atom. The van der Waals surface area contributed by atoms with Gasteiger partial charge in [0.2, 0.25) is 0 Å². The highest BCUT2D eigenvalue weighted by Gasteiger charge is 2.34. The fourth-order valence-corrected chi connectivity index (χ4v) is 5.70. The summed E-state index contributed by atoms with van der Waals surface area (Å²) in [5.74, 6) is 1.59. The summed E-state index contributed by atoms with van der Waals surface area (Å²) in [7, 11) is 3.07. The van der Waals surface area contributed by atoms with E-state index in [-0.39, 0.29) is 17.7 Å². The number of allylic oxidation sites excluding steroid dienone is 1. The van der Waals surface area contributed by atoms with Gasteiger partial charge in [0, 0.05) is 16.7 Å². The van der Waals surface area contributed by atoms with Crippen molar-refractivity contribution in [1.82, 2.24) is 4.57 Å². The number of benzene rings is 2. The maximum Gasteiger partial charge on any atom is 0.338 e. The molecule has 0 saturated heterocycles. The number of rotatable bonds is 7. The molecule has 0 amide bonds. The Labute approximate surface area is 233 Å². The molecule has 200 valence electrons. The van der Waals surface area contributed by atoms with Crippen molar-refractivity contribution < 1.29 is 23.4 Å². The molecule has 0 N–H and O–H groups in total. The van der Waals surface area contributed by atoms with E-state index in [1.54, 1.807) is 63.4 Å². The number of fused-ring (bicyclic) bond motifs is 1. The molecule has 0 spiro atoms. The lowest BCUT2D eigenvalue weighted by atomic mass is 9.95. The largest absolute Gasteiger partial charge is 0.493 e. The molecule has 2 aromatic heterocycles. The van der Waals surface area contributed by atoms with Gasteiger partial charge in [0.1, 0.15) is 11.5 Å². The Kier molecular flexibility index (Phi) is 7.45. The first-order chi connectivity index (χ1) is 18.8. The molecule has 5 rings (SSSR count). The number of methoxy groups -OCH3 is 2. The summed E-state index contributed by atoms with van der Waals surface area (Å²) in [5, 5.41) is 0.599. The van der Waals surface area contributed by atoms with Gasteiger partial charge in [-0.2, -0.15) is 0 Å². The van der Waals surface area contributed by atoms with Crippen LogP contribution in [0, 0.1) is 0 Å². The average molecular weight is 565 g/mol. The van der Waals surface area contributed by atoms with Gasteiger partial charge >= 0.3 is 5.97 Å². The molecule has 3 heterocycles. The number of furan rings is 1. The number of hydrogen-bond acceptors (Lipinski definition) is 8. The van der Waals surface area contributed by atoms with Crippen LogP contribution in [-0.4, -0.2) is 31.4 Å².